The van der Waals surface area contributed by atoms with Crippen LogP contribution in [0.5, 0.6) is 11.5 Å². The van der Waals surface area contributed by atoms with Gasteiger partial charge in [0.15, 0.2) is 0 Å². The predicted molar refractivity (Wildman–Crippen MR) is 114 cm³/mol. The van der Waals surface area contributed by atoms with E-state index in [9.17, 15) is 0 Å². The predicted octanol–water partition coefficient (Wildman–Crippen LogP) is 5.50. The quantitative estimate of drug-likeness (QED) is 0.596. The minimum atomic E-state index is -0.225. The topological polar surface area (TPSA) is 34.1 Å². The molecule has 4 nitrogen and oxygen atoms in total. The second-order valence-corrected chi connectivity index (χ2v) is 7.48. The van der Waals surface area contributed by atoms with E-state index in [0.717, 1.165) is 41.2 Å². The largest absolute Gasteiger partial charge is 0.497 e. The minimum Gasteiger partial charge on any atom is -0.497 e. The molecule has 2 aliphatic rings. The summed E-state index contributed by atoms with van der Waals surface area (Å²) in [6, 6.07) is 25.3. The normalized spacial score (nSPS) is 19.8. The molecule has 0 bridgehead atoms. The molecule has 0 unspecified atom stereocenters. The summed E-state index contributed by atoms with van der Waals surface area (Å²) in [7, 11) is 1.69. The van der Waals surface area contributed by atoms with Gasteiger partial charge >= 0.3 is 0 Å². The van der Waals surface area contributed by atoms with Gasteiger partial charge in [-0.25, -0.2) is 5.01 Å². The van der Waals surface area contributed by atoms with Crippen LogP contribution in [0.25, 0.3) is 0 Å². The summed E-state index contributed by atoms with van der Waals surface area (Å²) in [5.41, 5.74) is 5.85. The molecule has 0 radical (unpaired) electrons. The maximum atomic E-state index is 6.42. The molecule has 0 amide bonds. The molecule has 0 spiro atoms. The average molecular weight is 384 g/mol. The Labute approximate surface area is 171 Å². The molecular formula is C25H24N2O2. The van der Waals surface area contributed by atoms with Crippen molar-refractivity contribution >= 4 is 5.71 Å². The molecule has 2 aliphatic heterocycles. The van der Waals surface area contributed by atoms with Crippen molar-refractivity contribution in [2.45, 2.75) is 32.0 Å². The Hall–Kier alpha value is -3.27. The SMILES string of the molecule is CCc1ccc([C@@H]2Oc3ccccc3[C@H]3CC(c4ccc(OC)cc4)=NN32)cc1. The summed E-state index contributed by atoms with van der Waals surface area (Å²) >= 11 is 0. The number of aryl methyl sites for hydroxylation is 1. The summed E-state index contributed by atoms with van der Waals surface area (Å²) < 4.78 is 11.7. The first-order chi connectivity index (χ1) is 14.3. The maximum absolute atomic E-state index is 6.42. The van der Waals surface area contributed by atoms with Gasteiger partial charge in [-0.1, -0.05) is 49.4 Å². The molecule has 5 rings (SSSR count). The van der Waals surface area contributed by atoms with Gasteiger partial charge < -0.3 is 9.47 Å². The Balaban J connectivity index is 1.54. The lowest BCUT2D eigenvalue weighted by Crippen LogP contribution is -2.33. The third-order valence-electron chi connectivity index (χ3n) is 5.80. The highest BCUT2D eigenvalue weighted by atomic mass is 16.5. The van der Waals surface area contributed by atoms with Crippen LogP contribution < -0.4 is 9.47 Å². The van der Waals surface area contributed by atoms with Gasteiger partial charge in [0, 0.05) is 17.5 Å². The van der Waals surface area contributed by atoms with Crippen LogP contribution in [-0.2, 0) is 6.42 Å². The van der Waals surface area contributed by atoms with Crippen molar-refractivity contribution in [2.24, 2.45) is 5.10 Å². The zero-order valence-corrected chi connectivity index (χ0v) is 16.7. The third kappa shape index (κ3) is 3.15. The second-order valence-electron chi connectivity index (χ2n) is 7.48. The van der Waals surface area contributed by atoms with E-state index >= 15 is 0 Å². The fourth-order valence-corrected chi connectivity index (χ4v) is 4.13. The summed E-state index contributed by atoms with van der Waals surface area (Å²) in [5.74, 6) is 1.80. The molecule has 3 aromatic carbocycles. The van der Waals surface area contributed by atoms with Gasteiger partial charge in [-0.3, -0.25) is 0 Å². The van der Waals surface area contributed by atoms with Crippen molar-refractivity contribution in [2.75, 3.05) is 7.11 Å². The standard InChI is InChI=1S/C25H24N2O2/c1-3-17-8-10-19(11-9-17)25-27-23(21-6-4-5-7-24(21)29-25)16-22(26-27)18-12-14-20(28-2)15-13-18/h4-15,23,25H,3,16H2,1-2H3/t23-,25+/m1/s1. The molecule has 2 heterocycles. The van der Waals surface area contributed by atoms with E-state index < -0.39 is 0 Å². The minimum absolute atomic E-state index is 0.174. The van der Waals surface area contributed by atoms with E-state index in [0.29, 0.717) is 0 Å². The molecule has 4 heteroatoms. The van der Waals surface area contributed by atoms with Gasteiger partial charge in [-0.15, -0.1) is 0 Å². The number of benzene rings is 3. The van der Waals surface area contributed by atoms with Crippen molar-refractivity contribution < 1.29 is 9.47 Å². The molecule has 146 valence electrons. The van der Waals surface area contributed by atoms with Gasteiger partial charge in [-0.2, -0.15) is 5.10 Å². The zero-order chi connectivity index (χ0) is 19.8. The van der Waals surface area contributed by atoms with Crippen LogP contribution in [0.3, 0.4) is 0 Å². The molecule has 29 heavy (non-hydrogen) atoms. The summed E-state index contributed by atoms with van der Waals surface area (Å²) in [6.45, 7) is 2.17. The Morgan fingerprint density at radius 3 is 2.48 bits per heavy atom. The van der Waals surface area contributed by atoms with Crippen molar-refractivity contribution in [3.63, 3.8) is 0 Å². The first kappa shape index (κ1) is 17.8. The van der Waals surface area contributed by atoms with Crippen LogP contribution in [0, 0.1) is 0 Å². The molecule has 0 aromatic heterocycles. The van der Waals surface area contributed by atoms with Crippen molar-refractivity contribution in [3.8, 4) is 11.5 Å². The molecule has 0 saturated carbocycles. The van der Waals surface area contributed by atoms with E-state index in [1.54, 1.807) is 7.11 Å². The van der Waals surface area contributed by atoms with Crippen LogP contribution >= 0.6 is 0 Å². The summed E-state index contributed by atoms with van der Waals surface area (Å²) in [6.07, 6.45) is 1.66. The van der Waals surface area contributed by atoms with Gasteiger partial charge in [-0.05, 0) is 47.9 Å². The molecule has 0 fully saturated rings. The third-order valence-corrected chi connectivity index (χ3v) is 5.80. The second kappa shape index (κ2) is 7.28. The van der Waals surface area contributed by atoms with Crippen molar-refractivity contribution in [1.82, 2.24) is 5.01 Å². The number of hydrazone groups is 1. The zero-order valence-electron chi connectivity index (χ0n) is 16.7. The number of hydrogen-bond donors (Lipinski definition) is 0. The number of para-hydroxylation sites is 1. The van der Waals surface area contributed by atoms with Crippen LogP contribution in [0.4, 0.5) is 0 Å². The van der Waals surface area contributed by atoms with E-state index in [1.807, 2.05) is 18.2 Å². The number of nitrogens with zero attached hydrogens (tertiary/aromatic N) is 2. The molecule has 0 aliphatic carbocycles. The van der Waals surface area contributed by atoms with Gasteiger partial charge in [0.25, 0.3) is 0 Å². The molecule has 0 N–H and O–H groups in total. The highest BCUT2D eigenvalue weighted by molar-refractivity contribution is 6.02. The Kier molecular flexibility index (Phi) is 4.47. The number of hydrogen-bond acceptors (Lipinski definition) is 4. The highest BCUT2D eigenvalue weighted by Crippen LogP contribution is 2.47. The fraction of sp³-hybridized carbons (Fsp3) is 0.240. The van der Waals surface area contributed by atoms with Crippen molar-refractivity contribution in [3.05, 3.63) is 95.1 Å². The summed E-state index contributed by atoms with van der Waals surface area (Å²) in [5, 5.41) is 7.15. The lowest BCUT2D eigenvalue weighted by atomic mass is 9.96. The molecule has 3 aromatic rings. The maximum Gasteiger partial charge on any atom is 0.213 e. The lowest BCUT2D eigenvalue weighted by molar-refractivity contribution is -0.0190. The Morgan fingerprint density at radius 2 is 1.76 bits per heavy atom. The molecule has 0 saturated heterocycles. The first-order valence-electron chi connectivity index (χ1n) is 10.1. The van der Waals surface area contributed by atoms with E-state index in [2.05, 4.69) is 66.5 Å². The van der Waals surface area contributed by atoms with Crippen LogP contribution in [-0.4, -0.2) is 17.8 Å². The smallest absolute Gasteiger partial charge is 0.213 e. The van der Waals surface area contributed by atoms with E-state index in [4.69, 9.17) is 14.6 Å². The highest BCUT2D eigenvalue weighted by Gasteiger charge is 2.40. The average Bonchev–Trinajstić information content (AvgIpc) is 3.24. The summed E-state index contributed by atoms with van der Waals surface area (Å²) in [4.78, 5) is 0. The van der Waals surface area contributed by atoms with Gasteiger partial charge in [0.1, 0.15) is 11.5 Å². The Morgan fingerprint density at radius 1 is 1.00 bits per heavy atom. The number of rotatable bonds is 4. The van der Waals surface area contributed by atoms with Crippen molar-refractivity contribution in [1.29, 1.82) is 0 Å². The fourth-order valence-electron chi connectivity index (χ4n) is 4.13. The lowest BCUT2D eigenvalue weighted by Gasteiger charge is -2.38. The number of ether oxygens (including phenoxy) is 2. The molecular weight excluding hydrogens is 360 g/mol. The Bertz CT molecular complexity index is 1040. The van der Waals surface area contributed by atoms with E-state index in [-0.39, 0.29) is 12.3 Å². The monoisotopic (exact) mass is 384 g/mol. The number of fused-ring (bicyclic) bond motifs is 3. The van der Waals surface area contributed by atoms with Gasteiger partial charge in [0.2, 0.25) is 6.23 Å². The van der Waals surface area contributed by atoms with Gasteiger partial charge in [0.05, 0.1) is 18.9 Å². The first-order valence-corrected chi connectivity index (χ1v) is 10.1. The van der Waals surface area contributed by atoms with E-state index in [1.165, 1.54) is 11.1 Å². The number of methoxy groups -OCH3 is 1. The van der Waals surface area contributed by atoms with Crippen LogP contribution in [0.15, 0.2) is 77.9 Å². The molecule has 2 atom stereocenters. The van der Waals surface area contributed by atoms with Crippen LogP contribution in [0.1, 0.15) is 47.9 Å². The van der Waals surface area contributed by atoms with Crippen LogP contribution in [0.2, 0.25) is 0 Å².